The standard InChI is InChI=1S/C15H18N7O5P/c16-8-1-3-21(4-2-8)28(25,26)5-9-11(23)12(24)15(27-9)22-7-20-10-13(17)18-6-19-14(10)22/h1-4,6-7,9,11-12,15-16,23-24H,5H2,(H3,17,18,19,25,26)/t9-,11-,12-,15-/m1/s1. The molecule has 0 amide bonds. The van der Waals surface area contributed by atoms with Crippen LogP contribution in [0.4, 0.5) is 11.5 Å². The van der Waals surface area contributed by atoms with Crippen molar-refractivity contribution in [1.82, 2.24) is 19.5 Å². The van der Waals surface area contributed by atoms with Crippen LogP contribution in [0.1, 0.15) is 6.23 Å². The molecule has 3 aromatic rings. The van der Waals surface area contributed by atoms with Crippen molar-refractivity contribution in [1.29, 1.82) is 0 Å². The Labute approximate surface area is 158 Å². The molecule has 3 aromatic heterocycles. The Bertz CT molecular complexity index is 1060. The van der Waals surface area contributed by atoms with Gasteiger partial charge < -0.3 is 31.3 Å². The molecular formula is C15H18N7O5P. The summed E-state index contributed by atoms with van der Waals surface area (Å²) < 4.78 is 20.7. The molecule has 1 unspecified atom stereocenters. The topological polar surface area (TPSA) is 189 Å². The first-order valence-corrected chi connectivity index (χ1v) is 10.1. The van der Waals surface area contributed by atoms with Crippen LogP contribution in [-0.4, -0.2) is 54.2 Å². The number of hydrogen-bond donors (Lipinski definition) is 4. The molecule has 0 radical (unpaired) electrons. The van der Waals surface area contributed by atoms with Gasteiger partial charge in [0, 0.05) is 17.8 Å². The van der Waals surface area contributed by atoms with Crippen molar-refractivity contribution in [2.24, 2.45) is 0 Å². The van der Waals surface area contributed by atoms with Gasteiger partial charge in [-0.05, 0) is 0 Å². The summed E-state index contributed by atoms with van der Waals surface area (Å²) in [6, 6.07) is 2.88. The zero-order chi connectivity index (χ0) is 20.1. The second kappa shape index (κ2) is 6.76. The maximum atomic E-state index is 12.6. The molecule has 28 heavy (non-hydrogen) atoms. The number of anilines is 2. The number of imidazole rings is 1. The lowest BCUT2D eigenvalue weighted by Crippen LogP contribution is -2.42. The van der Waals surface area contributed by atoms with Crippen LogP contribution < -0.4 is 20.7 Å². The highest BCUT2D eigenvalue weighted by atomic mass is 31.2. The molecule has 148 valence electrons. The Morgan fingerprint density at radius 1 is 1.21 bits per heavy atom. The lowest BCUT2D eigenvalue weighted by atomic mass is 10.1. The highest BCUT2D eigenvalue weighted by Crippen LogP contribution is 2.38. The van der Waals surface area contributed by atoms with Crippen molar-refractivity contribution in [3.05, 3.63) is 37.2 Å². The van der Waals surface area contributed by atoms with Gasteiger partial charge in [-0.25, -0.2) is 15.0 Å². The smallest absolute Gasteiger partial charge is 0.268 e. The van der Waals surface area contributed by atoms with E-state index in [0.717, 1.165) is 4.34 Å². The summed E-state index contributed by atoms with van der Waals surface area (Å²) in [5, 5.41) is 20.8. The van der Waals surface area contributed by atoms with E-state index in [0.29, 0.717) is 16.9 Å². The van der Waals surface area contributed by atoms with Crippen molar-refractivity contribution in [2.75, 3.05) is 17.6 Å². The third-order valence-electron chi connectivity index (χ3n) is 4.60. The first-order valence-electron chi connectivity index (χ1n) is 8.30. The van der Waals surface area contributed by atoms with Gasteiger partial charge in [-0.15, -0.1) is 0 Å². The number of nitrogens with two attached hydrogens (primary N) is 2. The molecule has 1 saturated heterocycles. The van der Waals surface area contributed by atoms with E-state index >= 15 is 0 Å². The Kier molecular flexibility index (Phi) is 4.52. The van der Waals surface area contributed by atoms with E-state index in [1.165, 1.54) is 41.7 Å². The Morgan fingerprint density at radius 3 is 2.64 bits per heavy atom. The van der Waals surface area contributed by atoms with Gasteiger partial charge >= 0.3 is 0 Å². The van der Waals surface area contributed by atoms with Gasteiger partial charge in [0.25, 0.3) is 7.52 Å². The van der Waals surface area contributed by atoms with Crippen molar-refractivity contribution in [2.45, 2.75) is 24.5 Å². The minimum Gasteiger partial charge on any atom is -0.746 e. The summed E-state index contributed by atoms with van der Waals surface area (Å²) in [5.74, 6) is 0.150. The fourth-order valence-electron chi connectivity index (χ4n) is 3.12. The summed E-state index contributed by atoms with van der Waals surface area (Å²) in [5.41, 5.74) is 12.3. The van der Waals surface area contributed by atoms with Gasteiger partial charge in [0.1, 0.15) is 30.2 Å². The van der Waals surface area contributed by atoms with Crippen LogP contribution in [0.3, 0.4) is 0 Å². The number of fused-ring (bicyclic) bond motifs is 1. The number of hydrogen-bond acceptors (Lipinski definition) is 10. The van der Waals surface area contributed by atoms with Crippen LogP contribution >= 0.6 is 7.52 Å². The van der Waals surface area contributed by atoms with Crippen LogP contribution in [0.15, 0.2) is 37.2 Å². The van der Waals surface area contributed by atoms with Crippen molar-refractivity contribution >= 4 is 30.2 Å². The quantitative estimate of drug-likeness (QED) is 0.352. The molecule has 0 saturated carbocycles. The zero-order valence-corrected chi connectivity index (χ0v) is 15.3. The second-order valence-corrected chi connectivity index (χ2v) is 8.56. The summed E-state index contributed by atoms with van der Waals surface area (Å²) in [4.78, 5) is 24.6. The van der Waals surface area contributed by atoms with Crippen LogP contribution in [0.25, 0.3) is 11.2 Å². The van der Waals surface area contributed by atoms with E-state index in [2.05, 4.69) is 15.0 Å². The third kappa shape index (κ3) is 3.11. The van der Waals surface area contributed by atoms with Gasteiger partial charge in [-0.2, -0.15) is 4.34 Å². The SMILES string of the molecule is Nc1cc[n+](P(=O)([O-])C[C@H]2O[C@@H](n3cnc4c(N)ncnc43)[C@H](O)[C@@H]2O)cc1. The number of ether oxygens (including phenoxy) is 1. The molecule has 1 aliphatic heterocycles. The monoisotopic (exact) mass is 407 g/mol. The highest BCUT2D eigenvalue weighted by molar-refractivity contribution is 7.49. The number of nitrogens with zero attached hydrogens (tertiary/aromatic N) is 5. The van der Waals surface area contributed by atoms with Crippen LogP contribution in [0.2, 0.25) is 0 Å². The molecule has 12 nitrogen and oxygen atoms in total. The first-order chi connectivity index (χ1) is 13.3. The number of rotatable bonds is 4. The van der Waals surface area contributed by atoms with Crippen molar-refractivity contribution < 1.29 is 28.7 Å². The minimum absolute atomic E-state index is 0.150. The second-order valence-electron chi connectivity index (χ2n) is 6.46. The Balaban J connectivity index is 1.60. The van der Waals surface area contributed by atoms with E-state index in [1.54, 1.807) is 0 Å². The zero-order valence-electron chi connectivity index (χ0n) is 14.4. The number of pyridine rings is 1. The van der Waals surface area contributed by atoms with Crippen molar-refractivity contribution in [3.63, 3.8) is 0 Å². The molecule has 4 heterocycles. The van der Waals surface area contributed by atoms with Gasteiger partial charge in [0.15, 0.2) is 30.1 Å². The molecule has 0 aliphatic carbocycles. The van der Waals surface area contributed by atoms with Crippen LogP contribution in [0, 0.1) is 0 Å². The number of aromatic nitrogens is 5. The molecule has 4 rings (SSSR count). The third-order valence-corrected chi connectivity index (χ3v) is 6.39. The fourth-order valence-corrected chi connectivity index (χ4v) is 4.61. The van der Waals surface area contributed by atoms with E-state index in [-0.39, 0.29) is 5.82 Å². The van der Waals surface area contributed by atoms with Crippen LogP contribution in [-0.2, 0) is 9.30 Å². The van der Waals surface area contributed by atoms with Crippen LogP contribution in [0.5, 0.6) is 0 Å². The highest BCUT2D eigenvalue weighted by Gasteiger charge is 2.46. The van der Waals surface area contributed by atoms with Gasteiger partial charge in [-0.3, -0.25) is 9.13 Å². The minimum atomic E-state index is -4.19. The molecule has 0 aromatic carbocycles. The van der Waals surface area contributed by atoms with Gasteiger partial charge in [0.2, 0.25) is 0 Å². The molecule has 1 aliphatic rings. The average molecular weight is 407 g/mol. The molecule has 0 spiro atoms. The lowest BCUT2D eigenvalue weighted by molar-refractivity contribution is -0.559. The van der Waals surface area contributed by atoms with E-state index in [9.17, 15) is 19.7 Å². The van der Waals surface area contributed by atoms with Gasteiger partial charge in [-0.1, -0.05) is 0 Å². The van der Waals surface area contributed by atoms with Gasteiger partial charge in [0.05, 0.1) is 12.5 Å². The number of aliphatic hydroxyl groups is 2. The normalized spacial score (nSPS) is 27.1. The Hall–Kier alpha value is -2.63. The summed E-state index contributed by atoms with van der Waals surface area (Å²) >= 11 is 0. The Morgan fingerprint density at radius 2 is 1.93 bits per heavy atom. The maximum Gasteiger partial charge on any atom is 0.268 e. The van der Waals surface area contributed by atoms with E-state index < -0.39 is 38.2 Å². The largest absolute Gasteiger partial charge is 0.746 e. The van der Waals surface area contributed by atoms with E-state index in [1.807, 2.05) is 0 Å². The predicted molar refractivity (Wildman–Crippen MR) is 94.6 cm³/mol. The predicted octanol–water partition coefficient (Wildman–Crippen LogP) is -2.00. The number of nitrogen functional groups attached to an aromatic ring is 2. The fraction of sp³-hybridized carbons (Fsp3) is 0.333. The first kappa shape index (κ1) is 18.7. The molecule has 13 heteroatoms. The molecular weight excluding hydrogens is 389 g/mol. The molecule has 0 bridgehead atoms. The summed E-state index contributed by atoms with van der Waals surface area (Å²) in [6.45, 7) is 0. The average Bonchev–Trinajstić information content (AvgIpc) is 3.19. The summed E-state index contributed by atoms with van der Waals surface area (Å²) in [6.07, 6.45) is -0.420. The van der Waals surface area contributed by atoms with Crippen molar-refractivity contribution in [3.8, 4) is 0 Å². The molecule has 1 fully saturated rings. The lowest BCUT2D eigenvalue weighted by Gasteiger charge is -2.22. The number of aliphatic hydroxyl groups excluding tert-OH is 2. The molecule has 6 N–H and O–H groups in total. The molecule has 5 atom stereocenters. The summed E-state index contributed by atoms with van der Waals surface area (Å²) in [7, 11) is -4.19. The van der Waals surface area contributed by atoms with E-state index in [4.69, 9.17) is 16.2 Å². The maximum absolute atomic E-state index is 12.6.